The average Bonchev–Trinajstić information content (AvgIpc) is 3.04. The van der Waals surface area contributed by atoms with Crippen LogP contribution in [0.3, 0.4) is 0 Å². The van der Waals surface area contributed by atoms with Crippen molar-refractivity contribution in [1.82, 2.24) is 20.1 Å². The summed E-state index contributed by atoms with van der Waals surface area (Å²) in [6.07, 6.45) is 6.30. The molecule has 1 amide bonds. The van der Waals surface area contributed by atoms with E-state index in [2.05, 4.69) is 56.5 Å². The molecule has 1 aromatic heterocycles. The van der Waals surface area contributed by atoms with Crippen LogP contribution in [0.5, 0.6) is 0 Å². The second-order valence-corrected chi connectivity index (χ2v) is 9.74. The second kappa shape index (κ2) is 7.17. The molecule has 1 N–H and O–H groups in total. The van der Waals surface area contributed by atoms with Crippen LogP contribution in [0.15, 0.2) is 42.6 Å². The molecule has 30 heavy (non-hydrogen) atoms. The minimum absolute atomic E-state index is 0.0454. The van der Waals surface area contributed by atoms with Gasteiger partial charge in [-0.2, -0.15) is 0 Å². The molecule has 5 aliphatic rings. The van der Waals surface area contributed by atoms with Gasteiger partial charge in [0.25, 0.3) is 5.91 Å². The first kappa shape index (κ1) is 18.5. The summed E-state index contributed by atoms with van der Waals surface area (Å²) in [5.41, 5.74) is 4.50. The Morgan fingerprint density at radius 3 is 2.53 bits per heavy atom. The Hall–Kier alpha value is -2.24. The maximum atomic E-state index is 13.4. The minimum atomic E-state index is -0.0454. The summed E-state index contributed by atoms with van der Waals surface area (Å²) in [7, 11) is 0. The smallest absolute Gasteiger partial charge is 0.253 e. The zero-order valence-electron chi connectivity index (χ0n) is 17.5. The summed E-state index contributed by atoms with van der Waals surface area (Å²) >= 11 is 0. The molecular weight excluding hydrogens is 372 g/mol. The number of aryl methyl sites for hydroxylation is 2. The van der Waals surface area contributed by atoms with E-state index in [-0.39, 0.29) is 17.4 Å². The number of nitrogens with one attached hydrogen (secondary N) is 1. The van der Waals surface area contributed by atoms with Gasteiger partial charge in [0.05, 0.1) is 5.56 Å². The van der Waals surface area contributed by atoms with Crippen molar-refractivity contribution >= 4 is 5.91 Å². The highest BCUT2D eigenvalue weighted by atomic mass is 16.1. The highest BCUT2D eigenvalue weighted by molar-refractivity contribution is 5.94. The first-order valence-electron chi connectivity index (χ1n) is 11.5. The van der Waals surface area contributed by atoms with Gasteiger partial charge in [0.15, 0.2) is 0 Å². The van der Waals surface area contributed by atoms with E-state index in [9.17, 15) is 4.79 Å². The molecule has 0 saturated carbocycles. The van der Waals surface area contributed by atoms with Crippen LogP contribution < -0.4 is 5.32 Å². The zero-order chi connectivity index (χ0) is 20.1. The van der Waals surface area contributed by atoms with E-state index in [0.717, 1.165) is 57.7 Å². The summed E-state index contributed by atoms with van der Waals surface area (Å²) in [4.78, 5) is 23.3. The predicted octanol–water partition coefficient (Wildman–Crippen LogP) is 2.26. The number of carbonyl (C=O) groups excluding carboxylic acids is 1. The first-order valence-corrected chi connectivity index (χ1v) is 11.5. The fourth-order valence-corrected chi connectivity index (χ4v) is 6.51. The normalized spacial score (nSPS) is 34.3. The molecule has 0 radical (unpaired) electrons. The first-order chi connectivity index (χ1) is 14.7. The van der Waals surface area contributed by atoms with E-state index >= 15 is 0 Å². The molecule has 4 fully saturated rings. The number of piperidine rings is 2. The number of hydrogen-bond acceptors (Lipinski definition) is 4. The van der Waals surface area contributed by atoms with Crippen LogP contribution >= 0.6 is 0 Å². The summed E-state index contributed by atoms with van der Waals surface area (Å²) in [6, 6.07) is 13.1. The number of rotatable bonds is 3. The lowest BCUT2D eigenvalue weighted by molar-refractivity contribution is 0.0180. The van der Waals surface area contributed by atoms with Crippen molar-refractivity contribution in [2.24, 2.45) is 5.92 Å². The molecular formula is C25H30N4O. The van der Waals surface area contributed by atoms with Crippen LogP contribution in [0.2, 0.25) is 0 Å². The molecule has 4 bridgehead atoms. The summed E-state index contributed by atoms with van der Waals surface area (Å²) in [5, 5.41) is 3.52. The fraction of sp³-hybridized carbons (Fsp3) is 0.520. The zero-order valence-corrected chi connectivity index (χ0v) is 17.5. The Morgan fingerprint density at radius 2 is 1.77 bits per heavy atom. The van der Waals surface area contributed by atoms with Gasteiger partial charge in [0.1, 0.15) is 0 Å². The van der Waals surface area contributed by atoms with Crippen molar-refractivity contribution in [3.05, 3.63) is 65.0 Å². The molecule has 1 aromatic carbocycles. The van der Waals surface area contributed by atoms with Gasteiger partial charge in [-0.15, -0.1) is 0 Å². The number of carbonyl (C=O) groups is 1. The van der Waals surface area contributed by atoms with Gasteiger partial charge < -0.3 is 15.1 Å². The lowest BCUT2D eigenvalue weighted by atomic mass is 9.64. The summed E-state index contributed by atoms with van der Waals surface area (Å²) < 4.78 is 0. The Balaban J connectivity index is 1.34. The van der Waals surface area contributed by atoms with E-state index < -0.39 is 0 Å². The molecule has 4 saturated heterocycles. The largest absolute Gasteiger partial charge is 0.348 e. The molecule has 5 nitrogen and oxygen atoms in total. The Kier molecular flexibility index (Phi) is 4.43. The molecule has 156 valence electrons. The lowest BCUT2D eigenvalue weighted by Crippen LogP contribution is -2.70. The highest BCUT2D eigenvalue weighted by Crippen LogP contribution is 2.43. The number of benzene rings is 1. The third kappa shape index (κ3) is 2.98. The van der Waals surface area contributed by atoms with Crippen LogP contribution in [0.4, 0.5) is 0 Å². The topological polar surface area (TPSA) is 48.5 Å². The van der Waals surface area contributed by atoms with Gasteiger partial charge in [-0.05, 0) is 42.9 Å². The molecule has 1 aliphatic carbocycles. The SMILES string of the molecule is O=C(N[C@@H]1C2CN3CCN(C2)CC1(c1ccccc1)C3)c1cnc2c(c1)CCCC2. The molecule has 5 heteroatoms. The molecule has 7 rings (SSSR count). The predicted molar refractivity (Wildman–Crippen MR) is 117 cm³/mol. The van der Waals surface area contributed by atoms with Gasteiger partial charge in [-0.1, -0.05) is 30.3 Å². The second-order valence-electron chi connectivity index (χ2n) is 9.74. The number of pyridine rings is 1. The summed E-state index contributed by atoms with van der Waals surface area (Å²) in [5.74, 6) is 0.511. The minimum Gasteiger partial charge on any atom is -0.348 e. The standard InChI is InChI=1S/C25H30N4O/c30-24(19-12-18-6-4-5-9-22(18)26-13-19)27-23-20-14-28-10-11-29(15-20)17-25(23,16-28)21-7-2-1-3-8-21/h1-3,7-8,12-13,20,23H,4-6,9-11,14-17H2,(H,27,30)/t20?,23-,25?/m1/s1. The average molecular weight is 403 g/mol. The third-order valence-corrected chi connectivity index (χ3v) is 7.86. The van der Waals surface area contributed by atoms with Crippen molar-refractivity contribution in [2.45, 2.75) is 37.1 Å². The van der Waals surface area contributed by atoms with Gasteiger partial charge in [0, 0.05) is 68.5 Å². The van der Waals surface area contributed by atoms with E-state index in [1.807, 2.05) is 0 Å². The number of fused-ring (bicyclic) bond motifs is 2. The molecule has 2 aromatic rings. The van der Waals surface area contributed by atoms with E-state index in [0.29, 0.717) is 5.92 Å². The maximum absolute atomic E-state index is 13.4. The fourth-order valence-electron chi connectivity index (χ4n) is 6.51. The number of aromatic nitrogens is 1. The summed E-state index contributed by atoms with van der Waals surface area (Å²) in [6.45, 7) is 6.49. The molecule has 0 spiro atoms. The van der Waals surface area contributed by atoms with Crippen molar-refractivity contribution in [3.8, 4) is 0 Å². The molecule has 4 aliphatic heterocycles. The number of nitrogens with zero attached hydrogens (tertiary/aromatic N) is 3. The number of amides is 1. The lowest BCUT2D eigenvalue weighted by Gasteiger charge is -2.55. The number of hydrogen-bond donors (Lipinski definition) is 1. The monoisotopic (exact) mass is 402 g/mol. The van der Waals surface area contributed by atoms with Crippen LogP contribution in [0.1, 0.15) is 40.0 Å². The van der Waals surface area contributed by atoms with Gasteiger partial charge in [0.2, 0.25) is 0 Å². The van der Waals surface area contributed by atoms with Crippen molar-refractivity contribution in [1.29, 1.82) is 0 Å². The van der Waals surface area contributed by atoms with E-state index in [4.69, 9.17) is 0 Å². The van der Waals surface area contributed by atoms with E-state index in [1.54, 1.807) is 6.20 Å². The van der Waals surface area contributed by atoms with Crippen molar-refractivity contribution < 1.29 is 4.79 Å². The van der Waals surface area contributed by atoms with Gasteiger partial charge >= 0.3 is 0 Å². The van der Waals surface area contributed by atoms with Crippen LogP contribution in [0, 0.1) is 5.92 Å². The Labute approximate surface area is 178 Å². The molecule has 3 atom stereocenters. The van der Waals surface area contributed by atoms with Crippen LogP contribution in [0.25, 0.3) is 0 Å². The van der Waals surface area contributed by atoms with Gasteiger partial charge in [-0.25, -0.2) is 0 Å². The van der Waals surface area contributed by atoms with Crippen LogP contribution in [-0.4, -0.2) is 66.0 Å². The highest BCUT2D eigenvalue weighted by Gasteiger charge is 2.55. The van der Waals surface area contributed by atoms with Gasteiger partial charge in [-0.3, -0.25) is 9.78 Å². The third-order valence-electron chi connectivity index (χ3n) is 7.86. The van der Waals surface area contributed by atoms with Crippen LogP contribution in [-0.2, 0) is 18.3 Å². The Bertz CT molecular complexity index is 943. The quantitative estimate of drug-likeness (QED) is 0.856. The Morgan fingerprint density at radius 1 is 1.03 bits per heavy atom. The molecule has 2 unspecified atom stereocenters. The van der Waals surface area contributed by atoms with Crippen molar-refractivity contribution in [3.63, 3.8) is 0 Å². The van der Waals surface area contributed by atoms with Crippen molar-refractivity contribution in [2.75, 3.05) is 39.3 Å². The van der Waals surface area contributed by atoms with E-state index in [1.165, 1.54) is 29.7 Å². The molecule has 5 heterocycles. The maximum Gasteiger partial charge on any atom is 0.253 e.